The molecule has 2 unspecified atom stereocenters. The van der Waals surface area contributed by atoms with Gasteiger partial charge in [-0.1, -0.05) is 6.92 Å². The van der Waals surface area contributed by atoms with Crippen molar-refractivity contribution in [3.63, 3.8) is 0 Å². The van der Waals surface area contributed by atoms with Crippen molar-refractivity contribution in [3.8, 4) is 0 Å². The lowest BCUT2D eigenvalue weighted by molar-refractivity contribution is 0.00710. The molecule has 0 aromatic carbocycles. The molecule has 2 aliphatic heterocycles. The van der Waals surface area contributed by atoms with Crippen molar-refractivity contribution in [2.24, 2.45) is 0 Å². The summed E-state index contributed by atoms with van der Waals surface area (Å²) in [5.41, 5.74) is 0. The van der Waals surface area contributed by atoms with Crippen LogP contribution in [-0.4, -0.2) is 49.8 Å². The van der Waals surface area contributed by atoms with E-state index in [1.54, 1.807) is 0 Å². The van der Waals surface area contributed by atoms with Gasteiger partial charge >= 0.3 is 0 Å². The molecule has 3 nitrogen and oxygen atoms in total. The van der Waals surface area contributed by atoms with Gasteiger partial charge < -0.3 is 10.1 Å². The van der Waals surface area contributed by atoms with E-state index < -0.39 is 0 Å². The van der Waals surface area contributed by atoms with Crippen LogP contribution in [0.25, 0.3) is 0 Å². The first-order valence-corrected chi connectivity index (χ1v) is 5.95. The highest BCUT2D eigenvalue weighted by atomic mass is 16.5. The van der Waals surface area contributed by atoms with Crippen LogP contribution in [0.15, 0.2) is 0 Å². The van der Waals surface area contributed by atoms with Crippen LogP contribution in [0.3, 0.4) is 0 Å². The van der Waals surface area contributed by atoms with E-state index in [9.17, 15) is 0 Å². The average Bonchev–Trinajstić information content (AvgIpc) is 2.30. The number of nitrogens with zero attached hydrogens (tertiary/aromatic N) is 1. The summed E-state index contributed by atoms with van der Waals surface area (Å²) in [6, 6.07) is 1.39. The second-order valence-electron chi connectivity index (χ2n) is 4.43. The third-order valence-corrected chi connectivity index (χ3v) is 3.43. The largest absolute Gasteiger partial charge is 0.380 e. The first kappa shape index (κ1) is 10.4. The third-order valence-electron chi connectivity index (χ3n) is 3.43. The molecule has 2 aliphatic rings. The number of hydrogen-bond donors (Lipinski definition) is 1. The lowest BCUT2D eigenvalue weighted by Crippen LogP contribution is -2.55. The highest BCUT2D eigenvalue weighted by Gasteiger charge is 2.26. The minimum absolute atomic E-state index is 0.694. The molecule has 2 fully saturated rings. The smallest absolute Gasteiger partial charge is 0.0621 e. The predicted octanol–water partition coefficient (Wildman–Crippen LogP) is 0.849. The molecule has 2 rings (SSSR count). The molecule has 0 aromatic heterocycles. The molecule has 2 heterocycles. The van der Waals surface area contributed by atoms with E-state index in [-0.39, 0.29) is 0 Å². The Hall–Kier alpha value is -0.120. The first-order chi connectivity index (χ1) is 6.90. The molecule has 14 heavy (non-hydrogen) atoms. The quantitative estimate of drug-likeness (QED) is 0.712. The van der Waals surface area contributed by atoms with Gasteiger partial charge in [0.15, 0.2) is 0 Å². The molecular weight excluding hydrogens is 176 g/mol. The molecule has 3 heteroatoms. The van der Waals surface area contributed by atoms with E-state index >= 15 is 0 Å². The maximum absolute atomic E-state index is 5.54. The lowest BCUT2D eigenvalue weighted by atomic mass is 10.1. The Labute approximate surface area is 86.8 Å². The van der Waals surface area contributed by atoms with Crippen LogP contribution in [0.2, 0.25) is 0 Å². The van der Waals surface area contributed by atoms with Gasteiger partial charge in [-0.15, -0.1) is 0 Å². The van der Waals surface area contributed by atoms with E-state index in [0.717, 1.165) is 19.8 Å². The van der Waals surface area contributed by atoms with Crippen molar-refractivity contribution in [1.82, 2.24) is 10.2 Å². The van der Waals surface area contributed by atoms with Crippen molar-refractivity contribution in [3.05, 3.63) is 0 Å². The summed E-state index contributed by atoms with van der Waals surface area (Å²) >= 11 is 0. The normalized spacial score (nSPS) is 35.8. The zero-order valence-electron chi connectivity index (χ0n) is 9.17. The molecule has 0 radical (unpaired) electrons. The van der Waals surface area contributed by atoms with Crippen molar-refractivity contribution in [1.29, 1.82) is 0 Å². The van der Waals surface area contributed by atoms with Crippen LogP contribution in [0, 0.1) is 0 Å². The van der Waals surface area contributed by atoms with Gasteiger partial charge in [0.05, 0.1) is 6.61 Å². The molecule has 0 amide bonds. The van der Waals surface area contributed by atoms with Gasteiger partial charge in [-0.05, 0) is 19.3 Å². The minimum Gasteiger partial charge on any atom is -0.380 e. The van der Waals surface area contributed by atoms with Gasteiger partial charge in [-0.3, -0.25) is 4.90 Å². The Morgan fingerprint density at radius 3 is 3.14 bits per heavy atom. The topological polar surface area (TPSA) is 24.5 Å². The number of ether oxygens (including phenoxy) is 1. The Morgan fingerprint density at radius 1 is 1.50 bits per heavy atom. The summed E-state index contributed by atoms with van der Waals surface area (Å²) in [4.78, 5) is 2.61. The standard InChI is InChI=1S/C11H22N2O/c1-2-10-8-13(6-5-12-10)11-4-3-7-14-9-11/h10-12H,2-9H2,1H3. The molecular formula is C11H22N2O. The monoisotopic (exact) mass is 198 g/mol. The molecule has 0 saturated carbocycles. The maximum Gasteiger partial charge on any atom is 0.0621 e. The maximum atomic E-state index is 5.54. The fraction of sp³-hybridized carbons (Fsp3) is 1.00. The first-order valence-electron chi connectivity index (χ1n) is 5.95. The fourth-order valence-corrected chi connectivity index (χ4v) is 2.47. The van der Waals surface area contributed by atoms with Crippen LogP contribution < -0.4 is 5.32 Å². The van der Waals surface area contributed by atoms with Crippen LogP contribution in [-0.2, 0) is 4.74 Å². The van der Waals surface area contributed by atoms with E-state index in [2.05, 4.69) is 17.1 Å². The molecule has 2 saturated heterocycles. The van der Waals surface area contributed by atoms with Gasteiger partial charge in [-0.2, -0.15) is 0 Å². The number of rotatable bonds is 2. The van der Waals surface area contributed by atoms with Crippen molar-refractivity contribution >= 4 is 0 Å². The summed E-state index contributed by atoms with van der Waals surface area (Å²) in [6.45, 7) is 7.75. The third kappa shape index (κ3) is 2.47. The summed E-state index contributed by atoms with van der Waals surface area (Å²) in [5.74, 6) is 0. The molecule has 0 aromatic rings. The number of hydrogen-bond acceptors (Lipinski definition) is 3. The van der Waals surface area contributed by atoms with Gasteiger partial charge in [0.2, 0.25) is 0 Å². The summed E-state index contributed by atoms with van der Waals surface area (Å²) in [7, 11) is 0. The van der Waals surface area contributed by atoms with Gasteiger partial charge in [0, 0.05) is 38.3 Å². The van der Waals surface area contributed by atoms with E-state index in [1.165, 1.54) is 32.4 Å². The predicted molar refractivity (Wildman–Crippen MR) is 57.5 cm³/mol. The molecule has 2 atom stereocenters. The second kappa shape index (κ2) is 5.10. The summed E-state index contributed by atoms with van der Waals surface area (Å²) in [5, 5.41) is 3.56. The molecule has 0 bridgehead atoms. The van der Waals surface area contributed by atoms with E-state index in [4.69, 9.17) is 4.74 Å². The van der Waals surface area contributed by atoms with Gasteiger partial charge in [0.1, 0.15) is 0 Å². The van der Waals surface area contributed by atoms with Crippen LogP contribution in [0.5, 0.6) is 0 Å². The zero-order chi connectivity index (χ0) is 9.80. The minimum atomic E-state index is 0.694. The summed E-state index contributed by atoms with van der Waals surface area (Å²) < 4.78 is 5.54. The van der Waals surface area contributed by atoms with Crippen LogP contribution >= 0.6 is 0 Å². The Morgan fingerprint density at radius 2 is 2.43 bits per heavy atom. The van der Waals surface area contributed by atoms with Crippen LogP contribution in [0.4, 0.5) is 0 Å². The molecule has 0 spiro atoms. The van der Waals surface area contributed by atoms with Crippen molar-refractivity contribution in [2.45, 2.75) is 38.3 Å². The molecule has 0 aliphatic carbocycles. The van der Waals surface area contributed by atoms with Crippen molar-refractivity contribution in [2.75, 3.05) is 32.8 Å². The van der Waals surface area contributed by atoms with Crippen LogP contribution in [0.1, 0.15) is 26.2 Å². The van der Waals surface area contributed by atoms with E-state index in [0.29, 0.717) is 12.1 Å². The number of piperazine rings is 1. The van der Waals surface area contributed by atoms with Gasteiger partial charge in [0.25, 0.3) is 0 Å². The highest BCUT2D eigenvalue weighted by molar-refractivity contribution is 4.83. The number of nitrogens with one attached hydrogen (secondary N) is 1. The zero-order valence-corrected chi connectivity index (χ0v) is 9.17. The Kier molecular flexibility index (Phi) is 3.79. The second-order valence-corrected chi connectivity index (χ2v) is 4.43. The summed E-state index contributed by atoms with van der Waals surface area (Å²) in [6.07, 6.45) is 3.81. The molecule has 82 valence electrons. The molecule has 1 N–H and O–H groups in total. The Balaban J connectivity index is 1.83. The van der Waals surface area contributed by atoms with Crippen molar-refractivity contribution < 1.29 is 4.74 Å². The average molecular weight is 198 g/mol. The van der Waals surface area contributed by atoms with Gasteiger partial charge in [-0.25, -0.2) is 0 Å². The van der Waals surface area contributed by atoms with E-state index in [1.807, 2.05) is 0 Å². The Bertz CT molecular complexity index is 169. The lowest BCUT2D eigenvalue weighted by Gasteiger charge is -2.40. The highest BCUT2D eigenvalue weighted by Crippen LogP contribution is 2.15. The fourth-order valence-electron chi connectivity index (χ4n) is 2.47. The SMILES string of the molecule is CCC1CN(C2CCCOC2)CCN1.